The molecule has 10 heteroatoms. The third-order valence-electron chi connectivity index (χ3n) is 5.03. The van der Waals surface area contributed by atoms with E-state index in [2.05, 4.69) is 14.8 Å². The van der Waals surface area contributed by atoms with Gasteiger partial charge in [-0.2, -0.15) is 17.6 Å². The van der Waals surface area contributed by atoms with Gasteiger partial charge in [0.15, 0.2) is 0 Å². The van der Waals surface area contributed by atoms with Crippen LogP contribution in [0.4, 0.5) is 22.4 Å². The maximum absolute atomic E-state index is 12.2. The Labute approximate surface area is 173 Å². The van der Waals surface area contributed by atoms with Crippen LogP contribution in [-0.2, 0) is 20.8 Å². The monoisotopic (exact) mass is 436 g/mol. The number of nitrogens with one attached hydrogen (secondary N) is 1. The third kappa shape index (κ3) is 8.85. The fraction of sp³-hybridized carbons (Fsp3) is 0.650. The number of halogens is 4. The largest absolute Gasteiger partial charge is 0.445 e. The van der Waals surface area contributed by atoms with Crippen LogP contribution in [0.3, 0.4) is 0 Å². The summed E-state index contributed by atoms with van der Waals surface area (Å²) in [6.07, 6.45) is 2.61. The third-order valence-corrected chi connectivity index (χ3v) is 5.03. The Morgan fingerprint density at radius 2 is 1.57 bits per heavy atom. The van der Waals surface area contributed by atoms with Crippen molar-refractivity contribution < 1.29 is 36.6 Å². The number of carbonyl (C=O) groups excluding carboxylic acids is 1. The second kappa shape index (κ2) is 12.7. The Morgan fingerprint density at radius 1 is 0.967 bits per heavy atom. The molecule has 1 amide bonds. The number of rotatable bonds is 7. The zero-order valence-corrected chi connectivity index (χ0v) is 16.5. The molecule has 2 aliphatic rings. The molecule has 0 aromatic heterocycles. The van der Waals surface area contributed by atoms with Crippen molar-refractivity contribution in [3.05, 3.63) is 35.9 Å². The van der Waals surface area contributed by atoms with Crippen LogP contribution in [0.5, 0.6) is 0 Å². The lowest BCUT2D eigenvalue weighted by molar-refractivity contribution is -0.165. The first-order valence-electron chi connectivity index (χ1n) is 9.95. The van der Waals surface area contributed by atoms with Crippen molar-refractivity contribution in [3.63, 3.8) is 0 Å². The molecule has 1 aromatic carbocycles. The normalized spacial score (nSPS) is 25.8. The number of ether oxygens (including phenoxy) is 3. The van der Waals surface area contributed by atoms with Gasteiger partial charge in [0.2, 0.25) is 0 Å². The van der Waals surface area contributed by atoms with Crippen LogP contribution in [0.25, 0.3) is 0 Å². The summed E-state index contributed by atoms with van der Waals surface area (Å²) in [6, 6.07) is 8.65. The number of hydrogen-bond acceptors (Lipinski definition) is 5. The summed E-state index contributed by atoms with van der Waals surface area (Å²) in [6.45, 7) is -5.34. The van der Waals surface area contributed by atoms with Crippen LogP contribution >= 0.6 is 0 Å². The average molecular weight is 436 g/mol. The lowest BCUT2D eigenvalue weighted by Crippen LogP contribution is -2.41. The first-order valence-corrected chi connectivity index (χ1v) is 9.95. The van der Waals surface area contributed by atoms with E-state index in [0.29, 0.717) is 19.3 Å². The van der Waals surface area contributed by atoms with Gasteiger partial charge in [0.1, 0.15) is 6.61 Å². The minimum absolute atomic E-state index is 0.153. The molecule has 0 unspecified atom stereocenters. The number of amides is 1. The van der Waals surface area contributed by atoms with Crippen LogP contribution in [-0.4, -0.2) is 43.6 Å². The molecule has 2 aliphatic carbocycles. The van der Waals surface area contributed by atoms with E-state index in [1.54, 1.807) is 0 Å². The minimum atomic E-state index is -2.82. The molecule has 0 spiro atoms. The lowest BCUT2D eigenvalue weighted by Gasteiger charge is -2.20. The van der Waals surface area contributed by atoms with Crippen LogP contribution < -0.4 is 11.1 Å². The van der Waals surface area contributed by atoms with Crippen molar-refractivity contribution in [1.29, 1.82) is 0 Å². The first-order chi connectivity index (χ1) is 14.3. The van der Waals surface area contributed by atoms with Gasteiger partial charge in [-0.1, -0.05) is 30.3 Å². The fourth-order valence-corrected chi connectivity index (χ4v) is 3.56. The number of carbonyl (C=O) groups is 1. The molecule has 4 atom stereocenters. The molecule has 0 aliphatic heterocycles. The smallest absolute Gasteiger partial charge is 0.407 e. The molecule has 3 rings (SSSR count). The number of hydrogen-bond donors (Lipinski definition) is 2. The Bertz CT molecular complexity index is 624. The predicted octanol–water partition coefficient (Wildman–Crippen LogP) is 4.18. The molecular formula is C20H28F4N2O4. The van der Waals surface area contributed by atoms with E-state index in [0.717, 1.165) is 24.8 Å². The summed E-state index contributed by atoms with van der Waals surface area (Å²) >= 11 is 0. The van der Waals surface area contributed by atoms with E-state index in [1.807, 2.05) is 30.3 Å². The summed E-state index contributed by atoms with van der Waals surface area (Å²) < 4.78 is 61.4. The number of alkyl halides is 4. The molecule has 0 heterocycles. The highest BCUT2D eigenvalue weighted by molar-refractivity contribution is 5.67. The Kier molecular flexibility index (Phi) is 10.3. The molecule has 0 radical (unpaired) electrons. The maximum atomic E-state index is 12.2. The molecule has 2 saturated carbocycles. The number of benzene rings is 1. The molecule has 0 saturated heterocycles. The summed E-state index contributed by atoms with van der Waals surface area (Å²) in [4.78, 5) is 11.6. The van der Waals surface area contributed by atoms with Crippen molar-refractivity contribution in [1.82, 2.24) is 5.32 Å². The Morgan fingerprint density at radius 3 is 2.17 bits per heavy atom. The topological polar surface area (TPSA) is 82.8 Å². The van der Waals surface area contributed by atoms with E-state index in [4.69, 9.17) is 10.5 Å². The average Bonchev–Trinajstić information content (AvgIpc) is 3.29. The lowest BCUT2D eigenvalue weighted by atomic mass is 10.2. The van der Waals surface area contributed by atoms with Gasteiger partial charge in [0.05, 0.1) is 18.2 Å². The van der Waals surface area contributed by atoms with E-state index in [9.17, 15) is 22.4 Å². The highest BCUT2D eigenvalue weighted by atomic mass is 19.3. The Balaban J connectivity index is 0.000000269. The zero-order valence-electron chi connectivity index (χ0n) is 16.5. The fourth-order valence-electron chi connectivity index (χ4n) is 3.56. The molecule has 0 bridgehead atoms. The predicted molar refractivity (Wildman–Crippen MR) is 101 cm³/mol. The van der Waals surface area contributed by atoms with Crippen molar-refractivity contribution in [2.45, 2.75) is 82.6 Å². The first kappa shape index (κ1) is 24.4. The van der Waals surface area contributed by atoms with Gasteiger partial charge in [-0.15, -0.1) is 0 Å². The van der Waals surface area contributed by atoms with Crippen molar-refractivity contribution in [2.75, 3.05) is 0 Å². The summed E-state index contributed by atoms with van der Waals surface area (Å²) in [5.74, 6) is 0. The van der Waals surface area contributed by atoms with Crippen LogP contribution in [0.15, 0.2) is 30.3 Å². The minimum Gasteiger partial charge on any atom is -0.445 e. The van der Waals surface area contributed by atoms with Gasteiger partial charge < -0.3 is 25.3 Å². The van der Waals surface area contributed by atoms with E-state index in [1.165, 1.54) is 0 Å². The maximum Gasteiger partial charge on any atom is 0.407 e. The number of alkyl carbamates (subject to hydrolysis) is 1. The van der Waals surface area contributed by atoms with Crippen molar-refractivity contribution in [3.8, 4) is 0 Å². The van der Waals surface area contributed by atoms with Gasteiger partial charge >= 0.3 is 19.3 Å². The molecule has 170 valence electrons. The number of nitrogens with two attached hydrogens (primary N) is 1. The van der Waals surface area contributed by atoms with Crippen LogP contribution in [0, 0.1) is 0 Å². The molecule has 1 aromatic rings. The standard InChI is InChI=1S/C14H17F2NO3.C6H11F2NO/c15-13(16)20-12-8-4-7-11(12)17-14(18)19-9-10-5-2-1-3-6-10;7-6(8)10-5-3-1-2-4(5)9/h1-3,5-6,11-13H,4,7-9H2,(H,17,18);4-6H,1-3,9H2/t11-,12-;4-,5-/m11/s1. The van der Waals surface area contributed by atoms with Crippen LogP contribution in [0.1, 0.15) is 44.1 Å². The quantitative estimate of drug-likeness (QED) is 0.627. The SMILES string of the molecule is N[C@@H]1CCC[C@H]1OC(F)F.O=C(N[C@@H]1CCC[C@H]1OC(F)F)OCc1ccccc1. The van der Waals surface area contributed by atoms with Gasteiger partial charge in [-0.3, -0.25) is 0 Å². The van der Waals surface area contributed by atoms with Crippen LogP contribution in [0.2, 0.25) is 0 Å². The zero-order chi connectivity index (χ0) is 21.9. The summed E-state index contributed by atoms with van der Waals surface area (Å²) in [5.41, 5.74) is 6.34. The molecule has 6 nitrogen and oxygen atoms in total. The van der Waals surface area contributed by atoms with E-state index in [-0.39, 0.29) is 12.6 Å². The highest BCUT2D eigenvalue weighted by Gasteiger charge is 2.32. The second-order valence-electron chi connectivity index (χ2n) is 7.21. The molecular weight excluding hydrogens is 408 g/mol. The van der Waals surface area contributed by atoms with Gasteiger partial charge in [0, 0.05) is 6.04 Å². The van der Waals surface area contributed by atoms with E-state index < -0.39 is 37.6 Å². The van der Waals surface area contributed by atoms with E-state index >= 15 is 0 Å². The van der Waals surface area contributed by atoms with Gasteiger partial charge in [-0.05, 0) is 44.1 Å². The Hall–Kier alpha value is -1.91. The van der Waals surface area contributed by atoms with Crippen molar-refractivity contribution in [2.24, 2.45) is 5.73 Å². The van der Waals surface area contributed by atoms with Gasteiger partial charge in [0.25, 0.3) is 0 Å². The summed E-state index contributed by atoms with van der Waals surface area (Å²) in [7, 11) is 0. The molecule has 30 heavy (non-hydrogen) atoms. The highest BCUT2D eigenvalue weighted by Crippen LogP contribution is 2.24. The second-order valence-corrected chi connectivity index (χ2v) is 7.21. The summed E-state index contributed by atoms with van der Waals surface area (Å²) in [5, 5.41) is 2.59. The molecule has 3 N–H and O–H groups in total. The van der Waals surface area contributed by atoms with Crippen molar-refractivity contribution >= 4 is 6.09 Å². The van der Waals surface area contributed by atoms with Gasteiger partial charge in [-0.25, -0.2) is 4.79 Å². The molecule has 2 fully saturated rings.